The Morgan fingerprint density at radius 2 is 2.08 bits per heavy atom. The Bertz CT molecular complexity index is 124. The van der Waals surface area contributed by atoms with E-state index < -0.39 is 0 Å². The Morgan fingerprint density at radius 3 is 2.58 bits per heavy atom. The molecule has 0 aromatic heterocycles. The van der Waals surface area contributed by atoms with E-state index in [0.29, 0.717) is 12.5 Å². The zero-order valence-corrected chi connectivity index (χ0v) is 8.31. The summed E-state index contributed by atoms with van der Waals surface area (Å²) < 4.78 is 0. The molecular formula is C9H20N2O. The second kappa shape index (κ2) is 7.10. The lowest BCUT2D eigenvalue weighted by Gasteiger charge is -2.07. The number of carbonyl (C=O) groups is 1. The molecular weight excluding hydrogens is 152 g/mol. The summed E-state index contributed by atoms with van der Waals surface area (Å²) in [6, 6.07) is 0.513. The molecule has 0 heterocycles. The van der Waals surface area contributed by atoms with Crippen LogP contribution < -0.4 is 10.6 Å². The summed E-state index contributed by atoms with van der Waals surface area (Å²) in [7, 11) is 0. The van der Waals surface area contributed by atoms with E-state index in [1.54, 1.807) is 0 Å². The topological polar surface area (TPSA) is 41.1 Å². The first-order valence-corrected chi connectivity index (χ1v) is 4.67. The minimum atomic E-state index is 0.156. The van der Waals surface area contributed by atoms with Crippen LogP contribution in [0.2, 0.25) is 0 Å². The normalized spacial score (nSPS) is 10.3. The summed E-state index contributed by atoms with van der Waals surface area (Å²) in [4.78, 5) is 10.9. The number of rotatable bonds is 6. The predicted octanol–water partition coefficient (Wildman–Crippen LogP) is 0.901. The third-order valence-corrected chi connectivity index (χ3v) is 1.51. The Kier molecular flexibility index (Phi) is 6.76. The molecule has 2 N–H and O–H groups in total. The molecule has 0 aromatic rings. The maximum Gasteiger partial charge on any atom is 0.220 e. The summed E-state index contributed by atoms with van der Waals surface area (Å²) in [6.45, 7) is 7.80. The quantitative estimate of drug-likeness (QED) is 0.584. The fourth-order valence-corrected chi connectivity index (χ4v) is 0.925. The Hall–Kier alpha value is -0.570. The predicted molar refractivity (Wildman–Crippen MR) is 51.1 cm³/mol. The fraction of sp³-hybridized carbons (Fsp3) is 0.889. The van der Waals surface area contributed by atoms with Crippen LogP contribution in [0.1, 0.15) is 33.6 Å². The molecule has 12 heavy (non-hydrogen) atoms. The number of nitrogens with one attached hydrogen (secondary N) is 2. The molecule has 3 heteroatoms. The van der Waals surface area contributed by atoms with Gasteiger partial charge in [-0.1, -0.05) is 13.8 Å². The minimum Gasteiger partial charge on any atom is -0.356 e. The van der Waals surface area contributed by atoms with Crippen molar-refractivity contribution in [1.29, 1.82) is 0 Å². The van der Waals surface area contributed by atoms with Crippen LogP contribution in [0.4, 0.5) is 0 Å². The third kappa shape index (κ3) is 7.54. The molecule has 0 bridgehead atoms. The summed E-state index contributed by atoms with van der Waals surface area (Å²) in [5, 5.41) is 6.03. The molecule has 0 radical (unpaired) electrons. The highest BCUT2D eigenvalue weighted by molar-refractivity contribution is 5.75. The fourth-order valence-electron chi connectivity index (χ4n) is 0.925. The van der Waals surface area contributed by atoms with Gasteiger partial charge in [0.2, 0.25) is 5.91 Å². The second-order valence-electron chi connectivity index (χ2n) is 3.17. The van der Waals surface area contributed by atoms with Crippen molar-refractivity contribution in [3.63, 3.8) is 0 Å². The van der Waals surface area contributed by atoms with Crippen molar-refractivity contribution in [3.05, 3.63) is 0 Å². The lowest BCUT2D eigenvalue weighted by Crippen LogP contribution is -2.27. The van der Waals surface area contributed by atoms with Gasteiger partial charge in [0.05, 0.1) is 0 Å². The van der Waals surface area contributed by atoms with Gasteiger partial charge in [-0.15, -0.1) is 0 Å². The average molecular weight is 172 g/mol. The molecule has 0 spiro atoms. The Balaban J connectivity index is 3.14. The molecule has 0 aromatic carbocycles. The standard InChI is InChI=1S/C9H20N2O/c1-4-10-9(12)6-5-7-11-8(2)3/h8,11H,4-7H2,1-3H3,(H,10,12). The molecule has 72 valence electrons. The highest BCUT2D eigenvalue weighted by atomic mass is 16.1. The molecule has 0 unspecified atom stereocenters. The number of hydrogen-bond acceptors (Lipinski definition) is 2. The second-order valence-corrected chi connectivity index (χ2v) is 3.17. The highest BCUT2D eigenvalue weighted by Gasteiger charge is 1.98. The maximum atomic E-state index is 10.9. The van der Waals surface area contributed by atoms with Crippen molar-refractivity contribution < 1.29 is 4.79 Å². The molecule has 0 atom stereocenters. The third-order valence-electron chi connectivity index (χ3n) is 1.51. The van der Waals surface area contributed by atoms with Crippen molar-refractivity contribution >= 4 is 5.91 Å². The van der Waals surface area contributed by atoms with Crippen LogP contribution >= 0.6 is 0 Å². The molecule has 0 aliphatic rings. The van der Waals surface area contributed by atoms with Crippen LogP contribution in [0.25, 0.3) is 0 Å². The highest BCUT2D eigenvalue weighted by Crippen LogP contribution is 1.87. The first kappa shape index (κ1) is 11.4. The molecule has 0 rings (SSSR count). The summed E-state index contributed by atoms with van der Waals surface area (Å²) in [5.41, 5.74) is 0. The van der Waals surface area contributed by atoms with Crippen molar-refractivity contribution in [1.82, 2.24) is 10.6 Å². The van der Waals surface area contributed by atoms with E-state index >= 15 is 0 Å². The van der Waals surface area contributed by atoms with Gasteiger partial charge in [0.25, 0.3) is 0 Å². The van der Waals surface area contributed by atoms with Gasteiger partial charge in [-0.2, -0.15) is 0 Å². The van der Waals surface area contributed by atoms with Crippen LogP contribution in [0.5, 0.6) is 0 Å². The van der Waals surface area contributed by atoms with Crippen LogP contribution in [0.3, 0.4) is 0 Å². The van der Waals surface area contributed by atoms with E-state index in [1.165, 1.54) is 0 Å². The molecule has 0 saturated heterocycles. The van der Waals surface area contributed by atoms with Crippen molar-refractivity contribution in [2.45, 2.75) is 39.7 Å². The molecule has 0 aliphatic carbocycles. The lowest BCUT2D eigenvalue weighted by atomic mass is 10.3. The minimum absolute atomic E-state index is 0.156. The summed E-state index contributed by atoms with van der Waals surface area (Å²) in [6.07, 6.45) is 1.55. The average Bonchev–Trinajstić information content (AvgIpc) is 1.98. The van der Waals surface area contributed by atoms with Crippen LogP contribution in [-0.2, 0) is 4.79 Å². The number of amides is 1. The van der Waals surface area contributed by atoms with Gasteiger partial charge in [-0.3, -0.25) is 4.79 Å². The van der Waals surface area contributed by atoms with Gasteiger partial charge in [-0.25, -0.2) is 0 Å². The smallest absolute Gasteiger partial charge is 0.220 e. The van der Waals surface area contributed by atoms with Crippen molar-refractivity contribution in [2.24, 2.45) is 0 Å². The van der Waals surface area contributed by atoms with Crippen molar-refractivity contribution in [3.8, 4) is 0 Å². The van der Waals surface area contributed by atoms with E-state index in [4.69, 9.17) is 0 Å². The van der Waals surface area contributed by atoms with E-state index in [1.807, 2.05) is 6.92 Å². The zero-order chi connectivity index (χ0) is 9.40. The Morgan fingerprint density at radius 1 is 1.42 bits per heavy atom. The zero-order valence-electron chi connectivity index (χ0n) is 8.31. The van der Waals surface area contributed by atoms with Gasteiger partial charge in [0.15, 0.2) is 0 Å². The summed E-state index contributed by atoms with van der Waals surface area (Å²) >= 11 is 0. The maximum absolute atomic E-state index is 10.9. The number of hydrogen-bond donors (Lipinski definition) is 2. The molecule has 3 nitrogen and oxygen atoms in total. The molecule has 1 amide bonds. The molecule has 0 aliphatic heterocycles. The van der Waals surface area contributed by atoms with Gasteiger partial charge in [0.1, 0.15) is 0 Å². The van der Waals surface area contributed by atoms with Crippen LogP contribution in [0.15, 0.2) is 0 Å². The first-order valence-electron chi connectivity index (χ1n) is 4.67. The van der Waals surface area contributed by atoms with E-state index in [9.17, 15) is 4.79 Å². The van der Waals surface area contributed by atoms with Crippen LogP contribution in [-0.4, -0.2) is 25.0 Å². The largest absolute Gasteiger partial charge is 0.356 e. The van der Waals surface area contributed by atoms with Gasteiger partial charge in [-0.05, 0) is 19.9 Å². The monoisotopic (exact) mass is 172 g/mol. The van der Waals surface area contributed by atoms with Gasteiger partial charge >= 0.3 is 0 Å². The van der Waals surface area contributed by atoms with Gasteiger partial charge in [0, 0.05) is 19.0 Å². The summed E-state index contributed by atoms with van der Waals surface area (Å²) in [5.74, 6) is 0.156. The molecule has 0 saturated carbocycles. The van der Waals surface area contributed by atoms with E-state index in [2.05, 4.69) is 24.5 Å². The number of carbonyl (C=O) groups excluding carboxylic acids is 1. The van der Waals surface area contributed by atoms with Crippen molar-refractivity contribution in [2.75, 3.05) is 13.1 Å². The van der Waals surface area contributed by atoms with E-state index in [0.717, 1.165) is 19.5 Å². The Labute approximate surface area is 74.9 Å². The SMILES string of the molecule is CCNC(=O)CCCNC(C)C. The van der Waals surface area contributed by atoms with E-state index in [-0.39, 0.29) is 5.91 Å². The lowest BCUT2D eigenvalue weighted by molar-refractivity contribution is -0.121. The molecule has 0 fully saturated rings. The van der Waals surface area contributed by atoms with Gasteiger partial charge < -0.3 is 10.6 Å². The first-order chi connectivity index (χ1) is 5.66. The van der Waals surface area contributed by atoms with Crippen LogP contribution in [0, 0.1) is 0 Å².